The molecule has 1 N–H and O–H groups in total. The quantitative estimate of drug-likeness (QED) is 0.864. The molecule has 3 heteroatoms. The first kappa shape index (κ1) is 15.0. The summed E-state index contributed by atoms with van der Waals surface area (Å²) in [5.41, 5.74) is 1.38. The van der Waals surface area contributed by atoms with Gasteiger partial charge in [-0.15, -0.1) is 0 Å². The molecule has 0 spiro atoms. The minimum absolute atomic E-state index is 0.443. The van der Waals surface area contributed by atoms with Crippen molar-refractivity contribution in [2.75, 3.05) is 13.6 Å². The lowest BCUT2D eigenvalue weighted by Gasteiger charge is -2.24. The van der Waals surface area contributed by atoms with E-state index in [9.17, 15) is 9.90 Å². The second-order valence-corrected chi connectivity index (χ2v) is 5.93. The smallest absolute Gasteiger partial charge is 0.335 e. The van der Waals surface area contributed by atoms with E-state index in [4.69, 9.17) is 0 Å². The molecule has 2 rings (SSSR count). The summed E-state index contributed by atoms with van der Waals surface area (Å²) in [6, 6.07) is 8.02. The molecule has 0 radical (unpaired) electrons. The largest absolute Gasteiger partial charge is 0.478 e. The Hall–Kier alpha value is -1.35. The van der Waals surface area contributed by atoms with Crippen LogP contribution in [0.1, 0.15) is 48.5 Å². The standard InChI is InChI=1S/C17H25NO2/c1-3-13-8-9-15(12-13)18(2)11-10-14-6-4-5-7-16(14)17(19)20/h4-7,13,15H,3,8-12H2,1-2H3,(H,19,20). The number of rotatable bonds is 6. The fourth-order valence-corrected chi connectivity index (χ4v) is 3.25. The van der Waals surface area contributed by atoms with Crippen LogP contribution in [-0.2, 0) is 6.42 Å². The molecule has 1 saturated carbocycles. The monoisotopic (exact) mass is 275 g/mol. The highest BCUT2D eigenvalue weighted by atomic mass is 16.4. The third kappa shape index (κ3) is 3.60. The summed E-state index contributed by atoms with van der Waals surface area (Å²) in [5, 5.41) is 9.20. The van der Waals surface area contributed by atoms with Crippen LogP contribution in [-0.4, -0.2) is 35.6 Å². The van der Waals surface area contributed by atoms with E-state index in [0.717, 1.165) is 24.4 Å². The number of hydrogen-bond acceptors (Lipinski definition) is 2. The van der Waals surface area contributed by atoms with Crippen molar-refractivity contribution < 1.29 is 9.90 Å². The highest BCUT2D eigenvalue weighted by Crippen LogP contribution is 2.30. The third-order valence-electron chi connectivity index (χ3n) is 4.70. The van der Waals surface area contributed by atoms with Gasteiger partial charge in [-0.05, 0) is 50.3 Å². The van der Waals surface area contributed by atoms with Gasteiger partial charge in [0.2, 0.25) is 0 Å². The predicted octanol–water partition coefficient (Wildman–Crippen LogP) is 3.44. The van der Waals surface area contributed by atoms with Crippen molar-refractivity contribution in [1.82, 2.24) is 4.90 Å². The van der Waals surface area contributed by atoms with E-state index in [1.165, 1.54) is 25.7 Å². The molecule has 0 bridgehead atoms. The Morgan fingerprint density at radius 2 is 2.10 bits per heavy atom. The van der Waals surface area contributed by atoms with E-state index in [1.807, 2.05) is 12.1 Å². The summed E-state index contributed by atoms with van der Waals surface area (Å²) < 4.78 is 0. The van der Waals surface area contributed by atoms with Crippen molar-refractivity contribution in [1.29, 1.82) is 0 Å². The molecule has 1 aliphatic rings. The SMILES string of the molecule is CCC1CCC(N(C)CCc2ccccc2C(=O)O)C1. The average Bonchev–Trinajstić information content (AvgIpc) is 2.94. The molecule has 110 valence electrons. The lowest BCUT2D eigenvalue weighted by atomic mass is 10.0. The molecule has 2 unspecified atom stereocenters. The topological polar surface area (TPSA) is 40.5 Å². The van der Waals surface area contributed by atoms with E-state index in [1.54, 1.807) is 12.1 Å². The Kier molecular flexibility index (Phi) is 5.18. The number of benzene rings is 1. The Bertz CT molecular complexity index is 458. The van der Waals surface area contributed by atoms with Crippen LogP contribution in [0.2, 0.25) is 0 Å². The molecule has 2 atom stereocenters. The number of carboxylic acid groups (broad SMARTS) is 1. The van der Waals surface area contributed by atoms with Gasteiger partial charge in [-0.3, -0.25) is 0 Å². The highest BCUT2D eigenvalue weighted by Gasteiger charge is 2.26. The number of likely N-dealkylation sites (N-methyl/N-ethyl adjacent to an activating group) is 1. The molecule has 20 heavy (non-hydrogen) atoms. The Labute approximate surface area is 121 Å². The Morgan fingerprint density at radius 1 is 1.35 bits per heavy atom. The van der Waals surface area contributed by atoms with Gasteiger partial charge in [0.15, 0.2) is 0 Å². The summed E-state index contributed by atoms with van der Waals surface area (Å²) >= 11 is 0. The molecule has 0 saturated heterocycles. The van der Waals surface area contributed by atoms with Crippen molar-refractivity contribution in [2.45, 2.75) is 45.1 Å². The first-order valence-corrected chi connectivity index (χ1v) is 7.63. The second kappa shape index (κ2) is 6.89. The summed E-state index contributed by atoms with van der Waals surface area (Å²) in [5.74, 6) is 0.0592. The van der Waals surface area contributed by atoms with Crippen LogP contribution in [0.3, 0.4) is 0 Å². The molecule has 3 nitrogen and oxygen atoms in total. The highest BCUT2D eigenvalue weighted by molar-refractivity contribution is 5.89. The van der Waals surface area contributed by atoms with E-state index in [0.29, 0.717) is 11.6 Å². The average molecular weight is 275 g/mol. The molecule has 0 aliphatic heterocycles. The van der Waals surface area contributed by atoms with Crippen molar-refractivity contribution in [3.05, 3.63) is 35.4 Å². The van der Waals surface area contributed by atoms with Crippen molar-refractivity contribution in [3.8, 4) is 0 Å². The molecule has 1 aromatic carbocycles. The van der Waals surface area contributed by atoms with E-state index < -0.39 is 5.97 Å². The summed E-state index contributed by atoms with van der Waals surface area (Å²) in [7, 11) is 2.17. The molecule has 1 aliphatic carbocycles. The van der Waals surface area contributed by atoms with E-state index >= 15 is 0 Å². The van der Waals surface area contributed by atoms with Crippen LogP contribution in [0.4, 0.5) is 0 Å². The van der Waals surface area contributed by atoms with Gasteiger partial charge in [0.05, 0.1) is 5.56 Å². The number of carbonyl (C=O) groups is 1. The summed E-state index contributed by atoms with van der Waals surface area (Å²) in [6.45, 7) is 3.21. The van der Waals surface area contributed by atoms with Crippen LogP contribution in [0, 0.1) is 5.92 Å². The summed E-state index contributed by atoms with van der Waals surface area (Å²) in [6.07, 6.45) is 6.03. The first-order valence-electron chi connectivity index (χ1n) is 7.63. The molecular formula is C17H25NO2. The molecule has 1 fully saturated rings. The maximum absolute atomic E-state index is 11.2. The lowest BCUT2D eigenvalue weighted by molar-refractivity contribution is 0.0695. The van der Waals surface area contributed by atoms with Crippen LogP contribution in [0.5, 0.6) is 0 Å². The van der Waals surface area contributed by atoms with Crippen LogP contribution >= 0.6 is 0 Å². The van der Waals surface area contributed by atoms with Gasteiger partial charge in [-0.25, -0.2) is 4.79 Å². The lowest BCUT2D eigenvalue weighted by Crippen LogP contribution is -2.31. The number of aromatic carboxylic acids is 1. The minimum atomic E-state index is -0.824. The van der Waals surface area contributed by atoms with Crippen molar-refractivity contribution in [2.24, 2.45) is 5.92 Å². The molecular weight excluding hydrogens is 250 g/mol. The maximum atomic E-state index is 11.2. The third-order valence-corrected chi connectivity index (χ3v) is 4.70. The Balaban J connectivity index is 1.91. The van der Waals surface area contributed by atoms with Gasteiger partial charge in [0.1, 0.15) is 0 Å². The minimum Gasteiger partial charge on any atom is -0.478 e. The Morgan fingerprint density at radius 3 is 2.75 bits per heavy atom. The molecule has 0 amide bonds. The second-order valence-electron chi connectivity index (χ2n) is 5.93. The van der Waals surface area contributed by atoms with Gasteiger partial charge in [0.25, 0.3) is 0 Å². The van der Waals surface area contributed by atoms with Crippen molar-refractivity contribution >= 4 is 5.97 Å². The zero-order valence-corrected chi connectivity index (χ0v) is 12.5. The summed E-state index contributed by atoms with van der Waals surface area (Å²) in [4.78, 5) is 13.6. The van der Waals surface area contributed by atoms with Gasteiger partial charge in [-0.1, -0.05) is 31.5 Å². The molecule has 1 aromatic rings. The van der Waals surface area contributed by atoms with E-state index in [-0.39, 0.29) is 0 Å². The number of carboxylic acids is 1. The molecule has 0 aromatic heterocycles. The fourth-order valence-electron chi connectivity index (χ4n) is 3.25. The maximum Gasteiger partial charge on any atom is 0.335 e. The van der Waals surface area contributed by atoms with Gasteiger partial charge in [0, 0.05) is 12.6 Å². The predicted molar refractivity (Wildman–Crippen MR) is 81.2 cm³/mol. The zero-order valence-electron chi connectivity index (χ0n) is 12.5. The van der Waals surface area contributed by atoms with Crippen LogP contribution < -0.4 is 0 Å². The number of hydrogen-bond donors (Lipinski definition) is 1. The van der Waals surface area contributed by atoms with Gasteiger partial charge < -0.3 is 10.0 Å². The normalized spacial score (nSPS) is 22.4. The first-order chi connectivity index (χ1) is 9.61. The van der Waals surface area contributed by atoms with E-state index in [2.05, 4.69) is 18.9 Å². The molecule has 0 heterocycles. The van der Waals surface area contributed by atoms with Crippen LogP contribution in [0.25, 0.3) is 0 Å². The van der Waals surface area contributed by atoms with Crippen LogP contribution in [0.15, 0.2) is 24.3 Å². The van der Waals surface area contributed by atoms with Gasteiger partial charge >= 0.3 is 5.97 Å². The number of nitrogens with zero attached hydrogens (tertiary/aromatic N) is 1. The fraction of sp³-hybridized carbons (Fsp3) is 0.588. The zero-order chi connectivity index (χ0) is 14.5. The van der Waals surface area contributed by atoms with Crippen molar-refractivity contribution in [3.63, 3.8) is 0 Å². The van der Waals surface area contributed by atoms with Gasteiger partial charge in [-0.2, -0.15) is 0 Å².